The van der Waals surface area contributed by atoms with Crippen molar-refractivity contribution in [3.05, 3.63) is 96.8 Å². The number of aromatic nitrogens is 5. The zero-order valence-electron chi connectivity index (χ0n) is 17.7. The molecule has 0 spiro atoms. The van der Waals surface area contributed by atoms with Crippen LogP contribution in [-0.4, -0.2) is 24.5 Å². The van der Waals surface area contributed by atoms with E-state index in [1.165, 1.54) is 24.5 Å². The van der Waals surface area contributed by atoms with Crippen LogP contribution in [0.3, 0.4) is 0 Å². The fraction of sp³-hybridized carbons (Fsp3) is 0.0909. The molecule has 0 saturated carbocycles. The lowest BCUT2D eigenvalue weighted by Gasteiger charge is -2.15. The number of hydrogen-bond acceptors (Lipinski definition) is 7. The summed E-state index contributed by atoms with van der Waals surface area (Å²) in [4.78, 5) is 39.4. The Morgan fingerprint density at radius 3 is 2.50 bits per heavy atom. The van der Waals surface area contributed by atoms with Crippen molar-refractivity contribution < 1.29 is 17.9 Å². The van der Waals surface area contributed by atoms with Gasteiger partial charge in [-0.1, -0.05) is 23.2 Å². The van der Waals surface area contributed by atoms with E-state index in [2.05, 4.69) is 19.9 Å². The van der Waals surface area contributed by atoms with E-state index in [1.54, 1.807) is 12.1 Å². The summed E-state index contributed by atoms with van der Waals surface area (Å²) in [6, 6.07) is 8.38. The van der Waals surface area contributed by atoms with E-state index in [-0.39, 0.29) is 32.9 Å². The van der Waals surface area contributed by atoms with Gasteiger partial charge in [0.05, 0.1) is 30.1 Å². The summed E-state index contributed by atoms with van der Waals surface area (Å²) in [5, 5.41) is 9.31. The molecule has 3 heterocycles. The van der Waals surface area contributed by atoms with Crippen LogP contribution in [-0.2, 0) is 12.7 Å². The monoisotopic (exact) mass is 534 g/mol. The Kier molecular flexibility index (Phi) is 6.78. The van der Waals surface area contributed by atoms with E-state index in [1.807, 2.05) is 0 Å². The Morgan fingerprint density at radius 2 is 1.86 bits per heavy atom. The largest absolute Gasteiger partial charge is 0.449 e. The Balaban J connectivity index is 1.72. The number of nitrogens with one attached hydrogen (secondary N) is 1. The first-order valence-electron chi connectivity index (χ1n) is 9.80. The SMILES string of the molecule is N#Cc1cc(Cl)cc(Oc2c(C(F)(F)F)ncn(Cc3cnc(-c4ccc(Cl)nc4)[nH]c3=O)c2=O)c1. The van der Waals surface area contributed by atoms with Crippen LogP contribution in [0.4, 0.5) is 13.2 Å². The number of rotatable bonds is 5. The zero-order chi connectivity index (χ0) is 26.0. The van der Waals surface area contributed by atoms with Crippen molar-refractivity contribution in [2.75, 3.05) is 0 Å². The molecule has 0 saturated heterocycles. The summed E-state index contributed by atoms with van der Waals surface area (Å²) in [7, 11) is 0. The number of pyridine rings is 1. The molecule has 0 unspecified atom stereocenters. The zero-order valence-corrected chi connectivity index (χ0v) is 19.2. The van der Waals surface area contributed by atoms with Gasteiger partial charge in [0.15, 0.2) is 5.69 Å². The number of nitriles is 1. The van der Waals surface area contributed by atoms with Crippen LogP contribution in [0.5, 0.6) is 11.5 Å². The Bertz CT molecular complexity index is 1610. The maximum atomic E-state index is 13.6. The minimum absolute atomic E-state index is 0.00357. The number of H-pyrrole nitrogens is 1. The number of halogens is 5. The average Bonchev–Trinajstić information content (AvgIpc) is 2.82. The number of benzene rings is 1. The van der Waals surface area contributed by atoms with Gasteiger partial charge < -0.3 is 9.72 Å². The molecule has 182 valence electrons. The van der Waals surface area contributed by atoms with Crippen molar-refractivity contribution in [2.24, 2.45) is 0 Å². The summed E-state index contributed by atoms with van der Waals surface area (Å²) in [5.74, 6) is -1.25. The number of aromatic amines is 1. The van der Waals surface area contributed by atoms with Crippen LogP contribution in [0.25, 0.3) is 11.4 Å². The minimum atomic E-state index is -5.03. The quantitative estimate of drug-likeness (QED) is 0.375. The van der Waals surface area contributed by atoms with Gasteiger partial charge in [-0.05, 0) is 30.3 Å². The third kappa shape index (κ3) is 5.37. The van der Waals surface area contributed by atoms with Crippen LogP contribution < -0.4 is 15.9 Å². The first kappa shape index (κ1) is 24.9. The Morgan fingerprint density at radius 1 is 1.08 bits per heavy atom. The maximum absolute atomic E-state index is 13.6. The van der Waals surface area contributed by atoms with Crippen molar-refractivity contribution >= 4 is 23.2 Å². The van der Waals surface area contributed by atoms with Gasteiger partial charge in [0, 0.05) is 23.0 Å². The second-order valence-corrected chi connectivity index (χ2v) is 8.02. The maximum Gasteiger partial charge on any atom is 0.437 e. The average molecular weight is 535 g/mol. The van der Waals surface area contributed by atoms with E-state index in [0.717, 1.165) is 16.7 Å². The summed E-state index contributed by atoms with van der Waals surface area (Å²) in [5.41, 5.74) is -3.02. The van der Waals surface area contributed by atoms with E-state index >= 15 is 0 Å². The molecular formula is C22H11Cl2F3N6O3. The third-order valence-corrected chi connectivity index (χ3v) is 5.14. The molecule has 36 heavy (non-hydrogen) atoms. The van der Waals surface area contributed by atoms with Crippen molar-refractivity contribution in [1.82, 2.24) is 24.5 Å². The fourth-order valence-corrected chi connectivity index (χ4v) is 3.40. The van der Waals surface area contributed by atoms with Crippen LogP contribution in [0.1, 0.15) is 16.8 Å². The fourth-order valence-electron chi connectivity index (χ4n) is 3.06. The van der Waals surface area contributed by atoms with E-state index in [4.69, 9.17) is 33.2 Å². The number of hydrogen-bond donors (Lipinski definition) is 1. The lowest BCUT2D eigenvalue weighted by Crippen LogP contribution is -2.28. The van der Waals surface area contributed by atoms with Crippen LogP contribution in [0.2, 0.25) is 10.2 Å². The second-order valence-electron chi connectivity index (χ2n) is 7.20. The minimum Gasteiger partial charge on any atom is -0.449 e. The number of nitrogens with zero attached hydrogens (tertiary/aromatic N) is 5. The summed E-state index contributed by atoms with van der Waals surface area (Å²) in [6.45, 7) is -0.458. The van der Waals surface area contributed by atoms with E-state index in [9.17, 15) is 22.8 Å². The van der Waals surface area contributed by atoms with Gasteiger partial charge in [-0.15, -0.1) is 0 Å². The molecule has 0 aliphatic heterocycles. The van der Waals surface area contributed by atoms with Crippen LogP contribution in [0.15, 0.2) is 58.6 Å². The van der Waals surface area contributed by atoms with Crippen LogP contribution in [0, 0.1) is 11.3 Å². The molecule has 0 fully saturated rings. The molecule has 1 aromatic carbocycles. The summed E-state index contributed by atoms with van der Waals surface area (Å²) >= 11 is 11.6. The topological polar surface area (TPSA) is 127 Å². The molecule has 9 nitrogen and oxygen atoms in total. The molecule has 0 atom stereocenters. The van der Waals surface area contributed by atoms with Gasteiger partial charge in [0.25, 0.3) is 11.1 Å². The van der Waals surface area contributed by atoms with Gasteiger partial charge >= 0.3 is 6.18 Å². The van der Waals surface area contributed by atoms with Crippen molar-refractivity contribution in [1.29, 1.82) is 5.26 Å². The van der Waals surface area contributed by atoms with E-state index in [0.29, 0.717) is 11.9 Å². The Labute approximate surface area is 209 Å². The van der Waals surface area contributed by atoms with Gasteiger partial charge in [0.1, 0.15) is 16.7 Å². The van der Waals surface area contributed by atoms with Gasteiger partial charge in [-0.25, -0.2) is 15.0 Å². The van der Waals surface area contributed by atoms with Gasteiger partial charge in [-0.2, -0.15) is 18.4 Å². The predicted molar refractivity (Wildman–Crippen MR) is 122 cm³/mol. The van der Waals surface area contributed by atoms with Crippen molar-refractivity contribution in [3.8, 4) is 29.0 Å². The molecule has 0 aliphatic rings. The highest BCUT2D eigenvalue weighted by Crippen LogP contribution is 2.35. The molecule has 0 aliphatic carbocycles. The highest BCUT2D eigenvalue weighted by molar-refractivity contribution is 6.30. The highest BCUT2D eigenvalue weighted by atomic mass is 35.5. The molecule has 4 aromatic rings. The smallest absolute Gasteiger partial charge is 0.437 e. The normalized spacial score (nSPS) is 11.2. The van der Waals surface area contributed by atoms with Gasteiger partial charge in [0.2, 0.25) is 5.75 Å². The molecule has 0 radical (unpaired) electrons. The predicted octanol–water partition coefficient (Wildman–Crippen LogP) is 4.43. The summed E-state index contributed by atoms with van der Waals surface area (Å²) in [6.07, 6.45) is -1.82. The standard InChI is InChI=1S/C22H11Cl2F3N6O3/c23-14-3-11(6-28)4-15(5-14)36-17-18(22(25,26)27)31-10-33(21(17)35)9-13-8-30-19(32-20(13)34)12-1-2-16(24)29-7-12/h1-5,7-8,10H,9H2,(H,30,32,34). The molecule has 3 aromatic heterocycles. The molecule has 14 heteroatoms. The first-order chi connectivity index (χ1) is 17.0. The molecule has 1 N–H and O–H groups in total. The Hall–Kier alpha value is -4.21. The lowest BCUT2D eigenvalue weighted by molar-refractivity contribution is -0.142. The lowest BCUT2D eigenvalue weighted by atomic mass is 10.2. The number of alkyl halides is 3. The van der Waals surface area contributed by atoms with Crippen molar-refractivity contribution in [2.45, 2.75) is 12.7 Å². The molecule has 0 amide bonds. The number of ether oxygens (including phenoxy) is 1. The second kappa shape index (κ2) is 9.80. The summed E-state index contributed by atoms with van der Waals surface area (Å²) < 4.78 is 46.7. The third-order valence-electron chi connectivity index (χ3n) is 4.70. The van der Waals surface area contributed by atoms with Crippen LogP contribution >= 0.6 is 23.2 Å². The van der Waals surface area contributed by atoms with E-state index < -0.39 is 35.3 Å². The molecular weight excluding hydrogens is 524 g/mol. The molecule has 0 bridgehead atoms. The van der Waals surface area contributed by atoms with Gasteiger partial charge in [-0.3, -0.25) is 14.2 Å². The highest BCUT2D eigenvalue weighted by Gasteiger charge is 2.38. The first-order valence-corrected chi connectivity index (χ1v) is 10.6. The van der Waals surface area contributed by atoms with Crippen molar-refractivity contribution in [3.63, 3.8) is 0 Å². The molecule has 4 rings (SSSR count).